The number of carbonyl (C=O) groups excluding carboxylic acids is 2. The molecule has 0 radical (unpaired) electrons. The Morgan fingerprint density at radius 2 is 1.81 bits per heavy atom. The number of carbonyl (C=O) groups is 2. The molecule has 2 aromatic rings. The lowest BCUT2D eigenvalue weighted by Gasteiger charge is -2.35. The number of nitrogens with one attached hydrogen (secondary N) is 2. The number of likely N-dealkylation sites (tertiary alicyclic amines) is 2. The minimum absolute atomic E-state index is 0.0693. The Hall–Kier alpha value is -2.38. The van der Waals surface area contributed by atoms with Gasteiger partial charge in [-0.1, -0.05) is 36.4 Å². The van der Waals surface area contributed by atoms with Crippen LogP contribution in [0.4, 0.5) is 4.79 Å². The molecule has 3 heterocycles. The fourth-order valence-corrected chi connectivity index (χ4v) is 5.10. The summed E-state index contributed by atoms with van der Waals surface area (Å²) in [5.41, 5.74) is 1.34. The molecule has 3 amide bonds. The van der Waals surface area contributed by atoms with Crippen LogP contribution >= 0.6 is 11.3 Å². The molecule has 0 aliphatic carbocycles. The Balaban J connectivity index is 1.19. The summed E-state index contributed by atoms with van der Waals surface area (Å²) in [6.07, 6.45) is 3.69. The smallest absolute Gasteiger partial charge is 0.317 e. The van der Waals surface area contributed by atoms with E-state index in [-0.39, 0.29) is 23.9 Å². The van der Waals surface area contributed by atoms with E-state index < -0.39 is 0 Å². The maximum Gasteiger partial charge on any atom is 0.317 e. The molecule has 0 bridgehead atoms. The predicted octanol–water partition coefficient (Wildman–Crippen LogP) is 3.45. The summed E-state index contributed by atoms with van der Waals surface area (Å²) in [5, 5.41) is 8.25. The topological polar surface area (TPSA) is 64.7 Å². The van der Waals surface area contributed by atoms with E-state index in [1.54, 1.807) is 16.2 Å². The van der Waals surface area contributed by atoms with Crippen molar-refractivity contribution in [2.24, 2.45) is 5.92 Å². The van der Waals surface area contributed by atoms with Crippen molar-refractivity contribution in [1.29, 1.82) is 0 Å². The monoisotopic (exact) mass is 440 g/mol. The zero-order chi connectivity index (χ0) is 21.5. The second kappa shape index (κ2) is 10.8. The van der Waals surface area contributed by atoms with E-state index in [0.717, 1.165) is 56.7 Å². The molecule has 7 heteroatoms. The average Bonchev–Trinajstić information content (AvgIpc) is 3.33. The standard InChI is InChI=1S/C24H32N4O2S/c29-23(26-21-10-13-27(14-11-21)17-19-6-2-1-3-7-19)20-8-4-12-28(18-20)24(30)25-16-22-9-5-15-31-22/h1-3,5-7,9,15,20-21H,4,8,10-14,16-18H2,(H,25,30)(H,26,29). The molecule has 1 unspecified atom stereocenters. The van der Waals surface area contributed by atoms with Gasteiger partial charge in [-0.15, -0.1) is 11.3 Å². The molecular formula is C24H32N4O2S. The first-order chi connectivity index (χ1) is 15.2. The average molecular weight is 441 g/mol. The van der Waals surface area contributed by atoms with Crippen LogP contribution in [-0.4, -0.2) is 54.0 Å². The highest BCUT2D eigenvalue weighted by Crippen LogP contribution is 2.19. The van der Waals surface area contributed by atoms with E-state index >= 15 is 0 Å². The summed E-state index contributed by atoms with van der Waals surface area (Å²) in [6.45, 7) is 4.75. The summed E-state index contributed by atoms with van der Waals surface area (Å²) in [4.78, 5) is 30.8. The van der Waals surface area contributed by atoms with Crippen LogP contribution < -0.4 is 10.6 Å². The molecule has 31 heavy (non-hydrogen) atoms. The zero-order valence-electron chi connectivity index (χ0n) is 18.0. The molecular weight excluding hydrogens is 408 g/mol. The van der Waals surface area contributed by atoms with Crippen molar-refractivity contribution in [3.8, 4) is 0 Å². The van der Waals surface area contributed by atoms with Gasteiger partial charge in [-0.05, 0) is 42.7 Å². The molecule has 6 nitrogen and oxygen atoms in total. The number of nitrogens with zero attached hydrogens (tertiary/aromatic N) is 2. The second-order valence-electron chi connectivity index (χ2n) is 8.57. The summed E-state index contributed by atoms with van der Waals surface area (Å²) in [6, 6.07) is 14.7. The lowest BCUT2D eigenvalue weighted by atomic mass is 9.96. The van der Waals surface area contributed by atoms with Crippen LogP contribution in [0.5, 0.6) is 0 Å². The Morgan fingerprint density at radius 3 is 2.55 bits per heavy atom. The SMILES string of the molecule is O=C(NC1CCN(Cc2ccccc2)CC1)C1CCCN(C(=O)NCc2cccs2)C1. The van der Waals surface area contributed by atoms with Crippen molar-refractivity contribution in [2.75, 3.05) is 26.2 Å². The van der Waals surface area contributed by atoms with Gasteiger partial charge in [0.1, 0.15) is 0 Å². The number of amides is 3. The molecule has 2 aliphatic heterocycles. The van der Waals surface area contributed by atoms with Gasteiger partial charge in [0.05, 0.1) is 12.5 Å². The van der Waals surface area contributed by atoms with E-state index in [2.05, 4.69) is 39.8 Å². The van der Waals surface area contributed by atoms with Crippen LogP contribution in [-0.2, 0) is 17.9 Å². The summed E-state index contributed by atoms with van der Waals surface area (Å²) in [5.74, 6) is 0.000789. The van der Waals surface area contributed by atoms with Crippen LogP contribution in [0, 0.1) is 5.92 Å². The summed E-state index contributed by atoms with van der Waals surface area (Å²) >= 11 is 1.64. The molecule has 2 fully saturated rings. The van der Waals surface area contributed by atoms with Gasteiger partial charge in [-0.3, -0.25) is 9.69 Å². The van der Waals surface area contributed by atoms with Crippen molar-refractivity contribution < 1.29 is 9.59 Å². The van der Waals surface area contributed by atoms with Crippen LogP contribution in [0.3, 0.4) is 0 Å². The van der Waals surface area contributed by atoms with Crippen molar-refractivity contribution in [3.05, 3.63) is 58.3 Å². The first-order valence-corrected chi connectivity index (χ1v) is 12.2. The number of thiophene rings is 1. The van der Waals surface area contributed by atoms with Gasteiger partial charge in [0, 0.05) is 43.6 Å². The molecule has 1 aromatic heterocycles. The number of hydrogen-bond donors (Lipinski definition) is 2. The van der Waals surface area contributed by atoms with Crippen LogP contribution in [0.2, 0.25) is 0 Å². The first-order valence-electron chi connectivity index (χ1n) is 11.3. The second-order valence-corrected chi connectivity index (χ2v) is 9.60. The van der Waals surface area contributed by atoms with Gasteiger partial charge < -0.3 is 15.5 Å². The van der Waals surface area contributed by atoms with Crippen LogP contribution in [0.1, 0.15) is 36.1 Å². The highest BCUT2D eigenvalue weighted by molar-refractivity contribution is 7.09. The minimum Gasteiger partial charge on any atom is -0.353 e. The van der Waals surface area contributed by atoms with Crippen LogP contribution in [0.25, 0.3) is 0 Å². The Kier molecular flexibility index (Phi) is 7.59. The lowest BCUT2D eigenvalue weighted by molar-refractivity contribution is -0.127. The van der Waals surface area contributed by atoms with E-state index in [1.807, 2.05) is 23.6 Å². The molecule has 166 valence electrons. The zero-order valence-corrected chi connectivity index (χ0v) is 18.8. The molecule has 1 atom stereocenters. The van der Waals surface area contributed by atoms with Crippen molar-refractivity contribution in [1.82, 2.24) is 20.4 Å². The first kappa shape index (κ1) is 21.8. The summed E-state index contributed by atoms with van der Waals surface area (Å²) < 4.78 is 0. The third kappa shape index (κ3) is 6.31. The minimum atomic E-state index is -0.108. The molecule has 0 saturated carbocycles. The number of urea groups is 1. The van der Waals surface area contributed by atoms with Gasteiger partial charge in [-0.2, -0.15) is 0 Å². The van der Waals surface area contributed by atoms with E-state index in [9.17, 15) is 9.59 Å². The molecule has 4 rings (SSSR count). The van der Waals surface area contributed by atoms with Gasteiger partial charge in [0.2, 0.25) is 5.91 Å². The van der Waals surface area contributed by atoms with Crippen molar-refractivity contribution in [2.45, 2.75) is 44.8 Å². The van der Waals surface area contributed by atoms with Gasteiger partial charge in [-0.25, -0.2) is 4.79 Å². The van der Waals surface area contributed by atoms with Crippen molar-refractivity contribution >= 4 is 23.3 Å². The maximum atomic E-state index is 12.9. The van der Waals surface area contributed by atoms with E-state index in [4.69, 9.17) is 0 Å². The molecule has 1 aromatic carbocycles. The molecule has 2 saturated heterocycles. The van der Waals surface area contributed by atoms with Crippen LogP contribution in [0.15, 0.2) is 47.8 Å². The quantitative estimate of drug-likeness (QED) is 0.723. The third-order valence-corrected chi connectivity index (χ3v) is 7.13. The highest BCUT2D eigenvalue weighted by Gasteiger charge is 2.30. The Morgan fingerprint density at radius 1 is 1.00 bits per heavy atom. The van der Waals surface area contributed by atoms with E-state index in [0.29, 0.717) is 13.1 Å². The fraction of sp³-hybridized carbons (Fsp3) is 0.500. The molecule has 0 spiro atoms. The fourth-order valence-electron chi connectivity index (χ4n) is 4.46. The maximum absolute atomic E-state index is 12.9. The number of piperidine rings is 2. The van der Waals surface area contributed by atoms with Gasteiger partial charge in [0.25, 0.3) is 0 Å². The molecule has 2 N–H and O–H groups in total. The van der Waals surface area contributed by atoms with Gasteiger partial charge in [0.15, 0.2) is 0 Å². The largest absolute Gasteiger partial charge is 0.353 e. The van der Waals surface area contributed by atoms with E-state index in [1.165, 1.54) is 5.56 Å². The van der Waals surface area contributed by atoms with Gasteiger partial charge >= 0.3 is 6.03 Å². The lowest BCUT2D eigenvalue weighted by Crippen LogP contribution is -2.51. The highest BCUT2D eigenvalue weighted by atomic mass is 32.1. The third-order valence-electron chi connectivity index (χ3n) is 6.26. The number of hydrogen-bond acceptors (Lipinski definition) is 4. The van der Waals surface area contributed by atoms with Crippen molar-refractivity contribution in [3.63, 3.8) is 0 Å². The normalized spacial score (nSPS) is 20.4. The predicted molar refractivity (Wildman–Crippen MR) is 124 cm³/mol. The number of rotatable bonds is 6. The Bertz CT molecular complexity index is 835. The Labute approximate surface area is 188 Å². The molecule has 2 aliphatic rings. The number of benzene rings is 1. The summed E-state index contributed by atoms with van der Waals surface area (Å²) in [7, 11) is 0.